The first-order chi connectivity index (χ1) is 47.4. The van der Waals surface area contributed by atoms with Gasteiger partial charge in [-0.15, -0.1) is 0 Å². The predicted octanol–water partition coefficient (Wildman–Crippen LogP) is 5.68. The molecule has 4 heterocycles. The minimum absolute atomic E-state index is 0.0141. The number of nitrogens with zero attached hydrogens (tertiary/aromatic N) is 4. The van der Waals surface area contributed by atoms with Crippen LogP contribution in [0.2, 0.25) is 0 Å². The number of carbonyl (C=O) groups excluding carboxylic acids is 9. The van der Waals surface area contributed by atoms with E-state index < -0.39 is 126 Å². The summed E-state index contributed by atoms with van der Waals surface area (Å²) < 4.78 is 21.4. The molecule has 0 fully saturated rings. The summed E-state index contributed by atoms with van der Waals surface area (Å²) in [5.74, 6) is -11.9. The summed E-state index contributed by atoms with van der Waals surface area (Å²) in [4.78, 5) is 166. The highest BCUT2D eigenvalue weighted by Crippen LogP contribution is 2.54. The summed E-state index contributed by atoms with van der Waals surface area (Å²) in [6, 6.07) is -2.50. The summed E-state index contributed by atoms with van der Waals surface area (Å²) in [5.41, 5.74) is 26.4. The number of hydrogen-bond donors (Lipinski definition) is 9. The number of rotatable bonds is 37. The number of amidine groups is 1. The Morgan fingerprint density at radius 2 is 1.48 bits per heavy atom. The number of ether oxygens (including phenoxy) is 4. The molecule has 0 saturated carbocycles. The molecule has 5 aliphatic rings. The van der Waals surface area contributed by atoms with Crippen LogP contribution in [0.3, 0.4) is 0 Å². The molecular formula is C70H89N11O17S2. The largest absolute Gasteiger partial charge is 0.481 e. The van der Waals surface area contributed by atoms with E-state index in [0.717, 1.165) is 44.6 Å². The van der Waals surface area contributed by atoms with Gasteiger partial charge in [-0.05, 0) is 148 Å². The van der Waals surface area contributed by atoms with Crippen LogP contribution in [0.25, 0.3) is 12.2 Å². The number of nitrogens with one attached hydrogen (secondary N) is 4. The Balaban J connectivity index is 1.15. The first kappa shape index (κ1) is 79.3. The van der Waals surface area contributed by atoms with Crippen LogP contribution in [0.4, 0.5) is 0 Å². The Bertz CT molecular complexity index is 3850. The molecular weight excluding hydrogens is 1330 g/mol. The number of guanidine groups is 1. The minimum atomic E-state index is -1.49. The van der Waals surface area contributed by atoms with Gasteiger partial charge in [-0.1, -0.05) is 46.4 Å². The van der Waals surface area contributed by atoms with Crippen molar-refractivity contribution in [2.75, 3.05) is 59.1 Å². The number of aliphatic imine (C=N–C) groups is 4. The fourth-order valence-electron chi connectivity index (χ4n) is 12.4. The number of aliphatic carboxylic acids is 2. The van der Waals surface area contributed by atoms with E-state index in [9.17, 15) is 63.0 Å². The van der Waals surface area contributed by atoms with Gasteiger partial charge in [0, 0.05) is 80.1 Å². The number of methoxy groups -OCH3 is 3. The second-order valence-electron chi connectivity index (χ2n) is 24.6. The zero-order valence-electron chi connectivity index (χ0n) is 57.7. The van der Waals surface area contributed by atoms with Crippen molar-refractivity contribution >= 4 is 122 Å². The molecule has 3 aliphatic heterocycles. The van der Waals surface area contributed by atoms with Crippen LogP contribution in [0, 0.1) is 30.1 Å². The van der Waals surface area contributed by atoms with E-state index in [-0.39, 0.29) is 93.5 Å². The highest BCUT2D eigenvalue weighted by atomic mass is 33.1. The molecule has 1 aromatic heterocycles. The fraction of sp³-hybridized carbons (Fsp3) is 0.471. The summed E-state index contributed by atoms with van der Waals surface area (Å²) in [7, 11) is 6.33. The van der Waals surface area contributed by atoms with Gasteiger partial charge >= 0.3 is 35.8 Å². The average molecular weight is 1420 g/mol. The van der Waals surface area contributed by atoms with Gasteiger partial charge in [-0.3, -0.25) is 58.1 Å². The van der Waals surface area contributed by atoms with Crippen molar-refractivity contribution < 1.29 is 81.9 Å². The van der Waals surface area contributed by atoms with E-state index in [2.05, 4.69) is 37.5 Å². The van der Waals surface area contributed by atoms with E-state index in [1.165, 1.54) is 49.8 Å². The Labute approximate surface area is 587 Å². The number of allylic oxidation sites excluding steroid dienone is 11. The Kier molecular flexibility index (Phi) is 29.3. The topological polar surface area (TPSA) is 445 Å². The average Bonchev–Trinajstić information content (AvgIpc) is 1.54. The lowest BCUT2D eigenvalue weighted by Crippen LogP contribution is -2.45. The molecule has 0 aromatic carbocycles. The van der Waals surface area contributed by atoms with Crippen LogP contribution in [0.5, 0.6) is 0 Å². The molecule has 8 bridgehead atoms. The number of carboxylic acid groups (broad SMARTS) is 2. The van der Waals surface area contributed by atoms with E-state index in [1.807, 2.05) is 52.0 Å². The number of ketones is 2. The Morgan fingerprint density at radius 1 is 0.770 bits per heavy atom. The SMILES string of the molecule is C=CC1=C(C)C2=NC1=Cc1[nH]c(c(CCC(=O)OCCSSCC(NC(C)=O)C(=O)C[C@@H](CCCN=C(N)N)C(=O)NCC(=O)C[C@@H](CC(=O)O)C(=O)N[C@@H](CCCN=C(C)N)C(=O)O)c1C)C=C1CC(=CC3=NC(=C2)C2=CC=C(C(=O)OC)C(C(=O)OC)[C@]23C)C(C)=C1CCC(=O)OC. The third-order valence-corrected chi connectivity index (χ3v) is 20.1. The normalized spacial score (nSPS) is 18.1. The van der Waals surface area contributed by atoms with Gasteiger partial charge in [0.15, 0.2) is 17.5 Å². The number of carbonyl (C=O) groups is 11. The maximum atomic E-state index is 14.0. The van der Waals surface area contributed by atoms with Gasteiger partial charge < -0.3 is 67.3 Å². The maximum absolute atomic E-state index is 14.0. The lowest BCUT2D eigenvalue weighted by Gasteiger charge is -2.37. The lowest BCUT2D eigenvalue weighted by molar-refractivity contribution is -0.149. The van der Waals surface area contributed by atoms with Crippen molar-refractivity contribution in [3.05, 3.63) is 115 Å². The van der Waals surface area contributed by atoms with Crippen LogP contribution < -0.4 is 33.2 Å². The van der Waals surface area contributed by atoms with Crippen LogP contribution >= 0.6 is 21.6 Å². The quantitative estimate of drug-likeness (QED) is 0.00966. The van der Waals surface area contributed by atoms with Gasteiger partial charge in [0.1, 0.15) is 18.6 Å². The van der Waals surface area contributed by atoms with Gasteiger partial charge in [0.2, 0.25) is 17.7 Å². The van der Waals surface area contributed by atoms with Crippen molar-refractivity contribution in [1.29, 1.82) is 0 Å². The summed E-state index contributed by atoms with van der Waals surface area (Å²) in [6.07, 6.45) is 12.4. The number of nitrogens with two attached hydrogens (primary N) is 3. The van der Waals surface area contributed by atoms with Crippen LogP contribution in [0.1, 0.15) is 128 Å². The first-order valence-corrected chi connectivity index (χ1v) is 34.9. The minimum Gasteiger partial charge on any atom is -0.481 e. The fourth-order valence-corrected chi connectivity index (χ4v) is 14.4. The summed E-state index contributed by atoms with van der Waals surface area (Å²) in [5, 5.41) is 26.7. The van der Waals surface area contributed by atoms with Crippen molar-refractivity contribution in [2.24, 2.45) is 60.3 Å². The molecule has 3 amide bonds. The van der Waals surface area contributed by atoms with E-state index in [4.69, 9.17) is 46.1 Å². The number of Topliss-reactive ketones (excluding diaryl/α,β-unsaturated/α-hetero) is 2. The van der Waals surface area contributed by atoms with E-state index in [0.29, 0.717) is 52.6 Å². The molecule has 30 heteroatoms. The highest BCUT2D eigenvalue weighted by molar-refractivity contribution is 8.76. The van der Waals surface area contributed by atoms with Gasteiger partial charge in [-0.25, -0.2) is 14.6 Å². The molecule has 0 saturated heterocycles. The third-order valence-electron chi connectivity index (χ3n) is 17.7. The standard InChI is InChI=1S/C70H89N11O17S2/c1-11-46-37(3)53-33-56-50-19-16-49(67(93)96-9)63(68(94)97-10)70(50,7)59(80-56)30-42-26-43(47(36(42)2)17-20-61(87)95-8)28-54-48(38(4)52(78-54)32-55(46)79-53)18-21-62(88)98-24-25-99-100-35-57(77-40(6)82)58(84)29-41(14-12-23-75-69(72)73)64(89)76-34-45(83)27-44(31-60(85)86)65(90)81-51(66(91)92)15-13-22-74-39(5)71/h11,16,19,28,30,32-33,41,44,51,57,63,78H,1,12-15,17-18,20-27,29,31,34-35H2,2-10H3,(H2,71,74)(H,76,89)(H,77,82)(H,81,90)(H,85,86)(H,91,92)(H4,72,73,75)/t41-,44+,51+,57?,63?,70-/m1/s1. The van der Waals surface area contributed by atoms with E-state index in [1.54, 1.807) is 25.2 Å². The van der Waals surface area contributed by atoms with Gasteiger partial charge in [0.05, 0.1) is 85.9 Å². The summed E-state index contributed by atoms with van der Waals surface area (Å²) >= 11 is 0. The van der Waals surface area contributed by atoms with Gasteiger partial charge in [0.25, 0.3) is 0 Å². The molecule has 2 unspecified atom stereocenters. The number of amides is 3. The zero-order valence-corrected chi connectivity index (χ0v) is 59.4. The lowest BCUT2D eigenvalue weighted by atomic mass is 9.63. The Morgan fingerprint density at radius 3 is 2.13 bits per heavy atom. The number of hydrogen-bond acceptors (Lipinski definition) is 21. The molecule has 1 aromatic rings. The highest BCUT2D eigenvalue weighted by Gasteiger charge is 2.55. The number of fused-ring (bicyclic) bond motifs is 9. The monoisotopic (exact) mass is 1420 g/mol. The van der Waals surface area contributed by atoms with E-state index >= 15 is 0 Å². The summed E-state index contributed by atoms with van der Waals surface area (Å²) in [6.45, 7) is 14.2. The van der Waals surface area contributed by atoms with Crippen molar-refractivity contribution in [3.8, 4) is 0 Å². The number of H-pyrrole nitrogens is 1. The first-order valence-electron chi connectivity index (χ1n) is 32.5. The molecule has 6 rings (SSSR count). The number of carboxylic acids is 2. The zero-order chi connectivity index (χ0) is 73.7. The number of esters is 4. The molecule has 0 spiro atoms. The molecule has 28 nitrogen and oxygen atoms in total. The molecule has 6 atom stereocenters. The number of aromatic nitrogens is 1. The smallest absolute Gasteiger partial charge is 0.334 e. The second-order valence-corrected chi connectivity index (χ2v) is 27.2. The molecule has 2 aliphatic carbocycles. The Hall–Kier alpha value is -9.71. The van der Waals surface area contributed by atoms with Crippen LogP contribution in [-0.2, 0) is 78.1 Å². The number of aromatic amines is 1. The van der Waals surface area contributed by atoms with Crippen molar-refractivity contribution in [3.63, 3.8) is 0 Å². The predicted molar refractivity (Wildman–Crippen MR) is 380 cm³/mol. The molecule has 12 N–H and O–H groups in total. The van der Waals surface area contributed by atoms with Crippen LogP contribution in [-0.4, -0.2) is 175 Å². The van der Waals surface area contributed by atoms with Crippen LogP contribution in [0.15, 0.2) is 113 Å². The second kappa shape index (κ2) is 36.9. The third kappa shape index (κ3) is 20.9. The molecule has 0 radical (unpaired) electrons. The molecule has 538 valence electrons. The van der Waals surface area contributed by atoms with Crippen molar-refractivity contribution in [1.82, 2.24) is 20.9 Å². The molecule has 100 heavy (non-hydrogen) atoms. The van der Waals surface area contributed by atoms with Gasteiger partial charge in [-0.2, -0.15) is 0 Å². The maximum Gasteiger partial charge on any atom is 0.334 e. The van der Waals surface area contributed by atoms with Crippen molar-refractivity contribution in [2.45, 2.75) is 131 Å².